The second-order valence-corrected chi connectivity index (χ2v) is 5.64. The fourth-order valence-corrected chi connectivity index (χ4v) is 2.99. The molecule has 0 aliphatic carbocycles. The van der Waals surface area contributed by atoms with Crippen LogP contribution in [-0.2, 0) is 0 Å². The second kappa shape index (κ2) is 6.37. The van der Waals surface area contributed by atoms with Gasteiger partial charge in [-0.3, -0.25) is 4.98 Å². The lowest BCUT2D eigenvalue weighted by Crippen LogP contribution is -2.21. The molecule has 1 aromatic heterocycles. The maximum absolute atomic E-state index is 5.57. The van der Waals surface area contributed by atoms with Gasteiger partial charge in [0.2, 0.25) is 0 Å². The molecule has 3 nitrogen and oxygen atoms in total. The van der Waals surface area contributed by atoms with E-state index in [2.05, 4.69) is 52.2 Å². The van der Waals surface area contributed by atoms with Crippen LogP contribution in [0.25, 0.3) is 0 Å². The standard InChI is InChI=1S/C16H19BrN2O/c1-10-8-11(2)14(13(9-10)20-4)16(18-3)15-12(17)6-5-7-19-15/h5-9,16,18H,1-4H3. The summed E-state index contributed by atoms with van der Waals surface area (Å²) in [4.78, 5) is 4.50. The largest absolute Gasteiger partial charge is 0.496 e. The topological polar surface area (TPSA) is 34.2 Å². The SMILES string of the molecule is CNC(c1ncccc1Br)c1c(C)cc(C)cc1OC. The van der Waals surface area contributed by atoms with Crippen molar-refractivity contribution < 1.29 is 4.74 Å². The van der Waals surface area contributed by atoms with Crippen molar-refractivity contribution in [3.63, 3.8) is 0 Å². The fraction of sp³-hybridized carbons (Fsp3) is 0.312. The second-order valence-electron chi connectivity index (χ2n) is 4.79. The fourth-order valence-electron chi connectivity index (χ4n) is 2.51. The van der Waals surface area contributed by atoms with Gasteiger partial charge in [0.1, 0.15) is 5.75 Å². The van der Waals surface area contributed by atoms with Crippen molar-refractivity contribution in [2.24, 2.45) is 0 Å². The number of benzene rings is 1. The first-order valence-electron chi connectivity index (χ1n) is 6.51. The van der Waals surface area contributed by atoms with E-state index in [1.54, 1.807) is 13.3 Å². The van der Waals surface area contributed by atoms with Crippen molar-refractivity contribution >= 4 is 15.9 Å². The smallest absolute Gasteiger partial charge is 0.124 e. The summed E-state index contributed by atoms with van der Waals surface area (Å²) < 4.78 is 6.56. The predicted molar refractivity (Wildman–Crippen MR) is 85.3 cm³/mol. The lowest BCUT2D eigenvalue weighted by atomic mass is 9.95. The number of ether oxygens (including phenoxy) is 1. The summed E-state index contributed by atoms with van der Waals surface area (Å²) in [5.74, 6) is 0.888. The summed E-state index contributed by atoms with van der Waals surface area (Å²) in [5, 5.41) is 3.34. The van der Waals surface area contributed by atoms with Crippen LogP contribution in [0.2, 0.25) is 0 Å². The number of nitrogens with zero attached hydrogens (tertiary/aromatic N) is 1. The summed E-state index contributed by atoms with van der Waals surface area (Å²) in [5.41, 5.74) is 4.47. The van der Waals surface area contributed by atoms with Gasteiger partial charge in [-0.15, -0.1) is 0 Å². The molecular weight excluding hydrogens is 316 g/mol. The van der Waals surface area contributed by atoms with Crippen LogP contribution >= 0.6 is 15.9 Å². The van der Waals surface area contributed by atoms with E-state index in [4.69, 9.17) is 4.74 Å². The summed E-state index contributed by atoms with van der Waals surface area (Å²) in [7, 11) is 3.64. The van der Waals surface area contributed by atoms with Crippen molar-refractivity contribution in [3.8, 4) is 5.75 Å². The summed E-state index contributed by atoms with van der Waals surface area (Å²) in [6.45, 7) is 4.18. The number of hydrogen-bond donors (Lipinski definition) is 1. The van der Waals surface area contributed by atoms with Gasteiger partial charge < -0.3 is 10.1 Å². The van der Waals surface area contributed by atoms with E-state index in [1.165, 1.54) is 11.1 Å². The van der Waals surface area contributed by atoms with Crippen molar-refractivity contribution in [2.75, 3.05) is 14.2 Å². The van der Waals surface area contributed by atoms with E-state index in [1.807, 2.05) is 19.2 Å². The Hall–Kier alpha value is -1.39. The van der Waals surface area contributed by atoms with E-state index < -0.39 is 0 Å². The molecule has 20 heavy (non-hydrogen) atoms. The lowest BCUT2D eigenvalue weighted by Gasteiger charge is -2.22. The number of nitrogens with one attached hydrogen (secondary N) is 1. The van der Waals surface area contributed by atoms with Crippen LogP contribution in [0.5, 0.6) is 5.75 Å². The average molecular weight is 335 g/mol. The van der Waals surface area contributed by atoms with Gasteiger partial charge in [0.15, 0.2) is 0 Å². The van der Waals surface area contributed by atoms with E-state index in [9.17, 15) is 0 Å². The number of hydrogen-bond acceptors (Lipinski definition) is 3. The number of pyridine rings is 1. The normalized spacial score (nSPS) is 12.2. The van der Waals surface area contributed by atoms with Gasteiger partial charge in [0.25, 0.3) is 0 Å². The van der Waals surface area contributed by atoms with Gasteiger partial charge in [-0.25, -0.2) is 0 Å². The van der Waals surface area contributed by atoms with Crippen LogP contribution in [0.1, 0.15) is 28.4 Å². The van der Waals surface area contributed by atoms with Crippen LogP contribution in [0.15, 0.2) is 34.9 Å². The zero-order chi connectivity index (χ0) is 14.7. The molecule has 1 aromatic carbocycles. The van der Waals surface area contributed by atoms with Crippen LogP contribution in [-0.4, -0.2) is 19.1 Å². The summed E-state index contributed by atoms with van der Waals surface area (Å²) in [6, 6.07) is 8.13. The van der Waals surface area contributed by atoms with Gasteiger partial charge >= 0.3 is 0 Å². The Morgan fingerprint density at radius 2 is 2.05 bits per heavy atom. The molecule has 2 aromatic rings. The van der Waals surface area contributed by atoms with E-state index >= 15 is 0 Å². The van der Waals surface area contributed by atoms with Gasteiger partial charge in [-0.1, -0.05) is 6.07 Å². The van der Waals surface area contributed by atoms with Crippen LogP contribution < -0.4 is 10.1 Å². The molecule has 1 unspecified atom stereocenters. The van der Waals surface area contributed by atoms with Gasteiger partial charge in [0, 0.05) is 16.2 Å². The zero-order valence-electron chi connectivity index (χ0n) is 12.2. The minimum Gasteiger partial charge on any atom is -0.496 e. The number of aryl methyl sites for hydroxylation is 2. The average Bonchev–Trinajstić information content (AvgIpc) is 2.43. The molecule has 1 atom stereocenters. The molecule has 1 heterocycles. The van der Waals surface area contributed by atoms with Gasteiger partial charge in [-0.2, -0.15) is 0 Å². The molecule has 4 heteroatoms. The van der Waals surface area contributed by atoms with E-state index in [0.29, 0.717) is 0 Å². The number of halogens is 1. The minimum absolute atomic E-state index is 0.0128. The monoisotopic (exact) mass is 334 g/mol. The molecule has 0 spiro atoms. The molecule has 0 saturated heterocycles. The maximum atomic E-state index is 5.57. The quantitative estimate of drug-likeness (QED) is 0.923. The summed E-state index contributed by atoms with van der Waals surface area (Å²) >= 11 is 3.58. The molecule has 0 fully saturated rings. The maximum Gasteiger partial charge on any atom is 0.124 e. The Kier molecular flexibility index (Phi) is 4.78. The Morgan fingerprint density at radius 3 is 2.65 bits per heavy atom. The Balaban J connectivity index is 2.61. The number of rotatable bonds is 4. The Labute approximate surface area is 128 Å². The third-order valence-corrected chi connectivity index (χ3v) is 4.02. The highest BCUT2D eigenvalue weighted by Gasteiger charge is 2.22. The first kappa shape index (κ1) is 15.0. The molecule has 106 valence electrons. The van der Waals surface area contributed by atoms with Gasteiger partial charge in [-0.05, 0) is 66.2 Å². The predicted octanol–water partition coefficient (Wildman–Crippen LogP) is 3.78. The molecule has 0 aliphatic heterocycles. The molecule has 0 saturated carbocycles. The van der Waals surface area contributed by atoms with Crippen LogP contribution in [0.3, 0.4) is 0 Å². The third kappa shape index (κ3) is 2.86. The highest BCUT2D eigenvalue weighted by Crippen LogP contribution is 2.35. The Morgan fingerprint density at radius 1 is 1.30 bits per heavy atom. The molecular formula is C16H19BrN2O. The first-order valence-corrected chi connectivity index (χ1v) is 7.30. The molecule has 0 aliphatic rings. The van der Waals surface area contributed by atoms with E-state index in [0.717, 1.165) is 21.5 Å². The van der Waals surface area contributed by atoms with Crippen molar-refractivity contribution in [3.05, 3.63) is 57.3 Å². The van der Waals surface area contributed by atoms with Crippen molar-refractivity contribution in [1.82, 2.24) is 10.3 Å². The first-order chi connectivity index (χ1) is 9.58. The van der Waals surface area contributed by atoms with Crippen LogP contribution in [0.4, 0.5) is 0 Å². The number of methoxy groups -OCH3 is 1. The molecule has 0 amide bonds. The van der Waals surface area contributed by atoms with E-state index in [-0.39, 0.29) is 6.04 Å². The minimum atomic E-state index is -0.0128. The molecule has 2 rings (SSSR count). The Bertz CT molecular complexity index is 613. The lowest BCUT2D eigenvalue weighted by molar-refractivity contribution is 0.404. The van der Waals surface area contributed by atoms with Crippen molar-refractivity contribution in [2.45, 2.75) is 19.9 Å². The molecule has 0 bridgehead atoms. The van der Waals surface area contributed by atoms with Crippen molar-refractivity contribution in [1.29, 1.82) is 0 Å². The third-order valence-electron chi connectivity index (χ3n) is 3.35. The van der Waals surface area contributed by atoms with Gasteiger partial charge in [0.05, 0.1) is 18.8 Å². The molecule has 1 N–H and O–H groups in total. The zero-order valence-corrected chi connectivity index (χ0v) is 13.8. The van der Waals surface area contributed by atoms with Crippen LogP contribution in [0, 0.1) is 13.8 Å². The number of aromatic nitrogens is 1. The summed E-state index contributed by atoms with van der Waals surface area (Å²) in [6.07, 6.45) is 1.81. The highest BCUT2D eigenvalue weighted by atomic mass is 79.9. The highest BCUT2D eigenvalue weighted by molar-refractivity contribution is 9.10. The molecule has 0 radical (unpaired) electrons.